The monoisotopic (exact) mass is 250 g/mol. The van der Waals surface area contributed by atoms with Crippen LogP contribution in [0.4, 0.5) is 0 Å². The molecule has 0 fully saturated rings. The van der Waals surface area contributed by atoms with Crippen LogP contribution in [0, 0.1) is 0 Å². The van der Waals surface area contributed by atoms with Gasteiger partial charge in [-0.25, -0.2) is 0 Å². The Hall–Kier alpha value is -1.42. The molecule has 0 aliphatic heterocycles. The zero-order valence-corrected chi connectivity index (χ0v) is 10.5. The van der Waals surface area contributed by atoms with Gasteiger partial charge in [0.1, 0.15) is 0 Å². The van der Waals surface area contributed by atoms with Crippen LogP contribution in [0.5, 0.6) is 0 Å². The molecule has 0 N–H and O–H groups in total. The van der Waals surface area contributed by atoms with Crippen LogP contribution in [0.25, 0.3) is 5.69 Å². The Kier molecular flexibility index (Phi) is 4.09. The van der Waals surface area contributed by atoms with E-state index in [1.54, 1.807) is 4.68 Å². The van der Waals surface area contributed by atoms with E-state index in [-0.39, 0.29) is 5.38 Å². The van der Waals surface area contributed by atoms with Crippen LogP contribution in [0.15, 0.2) is 30.3 Å². The molecule has 0 saturated heterocycles. The number of alkyl halides is 1. The topological polar surface area (TPSA) is 43.6 Å². The molecule has 1 aromatic carbocycles. The summed E-state index contributed by atoms with van der Waals surface area (Å²) in [6.07, 6.45) is 2.74. The molecule has 0 aliphatic rings. The maximum absolute atomic E-state index is 6.22. The number of tetrazole rings is 1. The Balaban J connectivity index is 2.18. The van der Waals surface area contributed by atoms with E-state index < -0.39 is 0 Å². The lowest BCUT2D eigenvalue weighted by atomic mass is 10.2. The molecular weight excluding hydrogens is 236 g/mol. The van der Waals surface area contributed by atoms with E-state index in [1.165, 1.54) is 0 Å². The Morgan fingerprint density at radius 2 is 2.06 bits per heavy atom. The molecule has 4 nitrogen and oxygen atoms in total. The minimum absolute atomic E-state index is 0.0912. The van der Waals surface area contributed by atoms with Crippen molar-refractivity contribution in [2.75, 3.05) is 0 Å². The second kappa shape index (κ2) is 5.77. The van der Waals surface area contributed by atoms with Gasteiger partial charge in [0.25, 0.3) is 0 Å². The predicted molar refractivity (Wildman–Crippen MR) is 67.4 cm³/mol. The van der Waals surface area contributed by atoms with Crippen molar-refractivity contribution >= 4 is 11.6 Å². The van der Waals surface area contributed by atoms with Crippen molar-refractivity contribution in [2.45, 2.75) is 31.6 Å². The summed E-state index contributed by atoms with van der Waals surface area (Å²) in [5.41, 5.74) is 0.966. The van der Waals surface area contributed by atoms with E-state index in [1.807, 2.05) is 30.3 Å². The Bertz CT molecular complexity index is 455. The fraction of sp³-hybridized carbons (Fsp3) is 0.417. The molecule has 5 heteroatoms. The van der Waals surface area contributed by atoms with E-state index in [9.17, 15) is 0 Å². The van der Waals surface area contributed by atoms with Crippen molar-refractivity contribution in [3.05, 3.63) is 36.2 Å². The molecule has 1 unspecified atom stereocenters. The molecule has 1 atom stereocenters. The van der Waals surface area contributed by atoms with Gasteiger partial charge in [0.2, 0.25) is 0 Å². The number of para-hydroxylation sites is 1. The minimum Gasteiger partial charge on any atom is -0.197 e. The van der Waals surface area contributed by atoms with Crippen LogP contribution in [-0.2, 0) is 6.42 Å². The predicted octanol–water partition coefficient (Wildman–Crippen LogP) is 2.61. The van der Waals surface area contributed by atoms with Crippen molar-refractivity contribution in [1.29, 1.82) is 0 Å². The van der Waals surface area contributed by atoms with Crippen molar-refractivity contribution in [2.24, 2.45) is 0 Å². The second-order valence-corrected chi connectivity index (χ2v) is 4.55. The highest BCUT2D eigenvalue weighted by Crippen LogP contribution is 2.13. The number of rotatable bonds is 5. The number of nitrogens with zero attached hydrogens (tertiary/aromatic N) is 4. The normalized spacial score (nSPS) is 12.6. The van der Waals surface area contributed by atoms with Crippen LogP contribution < -0.4 is 0 Å². The van der Waals surface area contributed by atoms with Gasteiger partial charge in [0.15, 0.2) is 5.82 Å². The number of hydrogen-bond donors (Lipinski definition) is 0. The molecule has 2 aromatic rings. The van der Waals surface area contributed by atoms with E-state index >= 15 is 0 Å². The summed E-state index contributed by atoms with van der Waals surface area (Å²) in [7, 11) is 0. The summed E-state index contributed by atoms with van der Waals surface area (Å²) in [6.45, 7) is 2.12. The molecule has 90 valence electrons. The van der Waals surface area contributed by atoms with Crippen LogP contribution in [0.3, 0.4) is 0 Å². The largest absolute Gasteiger partial charge is 0.197 e. The second-order valence-electron chi connectivity index (χ2n) is 3.93. The molecule has 2 rings (SSSR count). The first-order chi connectivity index (χ1) is 8.31. The first-order valence-electron chi connectivity index (χ1n) is 5.78. The van der Waals surface area contributed by atoms with Gasteiger partial charge in [0.05, 0.1) is 5.69 Å². The third-order valence-electron chi connectivity index (χ3n) is 2.54. The number of aromatic nitrogens is 4. The molecule has 1 heterocycles. The third-order valence-corrected chi connectivity index (χ3v) is 2.91. The quantitative estimate of drug-likeness (QED) is 0.767. The fourth-order valence-electron chi connectivity index (χ4n) is 1.72. The summed E-state index contributed by atoms with van der Waals surface area (Å²) >= 11 is 6.22. The molecule has 0 aliphatic carbocycles. The Labute approximate surface area is 106 Å². The van der Waals surface area contributed by atoms with Gasteiger partial charge in [-0.2, -0.15) is 4.68 Å². The molecule has 0 saturated carbocycles. The number of benzene rings is 1. The summed E-state index contributed by atoms with van der Waals surface area (Å²) < 4.78 is 1.74. The van der Waals surface area contributed by atoms with E-state index in [0.29, 0.717) is 6.42 Å². The third kappa shape index (κ3) is 3.03. The fourth-order valence-corrected chi connectivity index (χ4v) is 2.07. The minimum atomic E-state index is 0.0912. The summed E-state index contributed by atoms with van der Waals surface area (Å²) in [5, 5.41) is 11.8. The van der Waals surface area contributed by atoms with Gasteiger partial charge in [0, 0.05) is 11.8 Å². The highest BCUT2D eigenvalue weighted by molar-refractivity contribution is 6.20. The summed E-state index contributed by atoms with van der Waals surface area (Å²) in [6, 6.07) is 9.84. The van der Waals surface area contributed by atoms with Gasteiger partial charge in [-0.3, -0.25) is 0 Å². The number of halogens is 1. The lowest BCUT2D eigenvalue weighted by Gasteiger charge is -2.08. The van der Waals surface area contributed by atoms with Gasteiger partial charge in [-0.15, -0.1) is 16.7 Å². The Morgan fingerprint density at radius 3 is 2.76 bits per heavy atom. The first-order valence-corrected chi connectivity index (χ1v) is 6.21. The lowest BCUT2D eigenvalue weighted by molar-refractivity contribution is 0.680. The van der Waals surface area contributed by atoms with Crippen molar-refractivity contribution in [1.82, 2.24) is 20.2 Å². The van der Waals surface area contributed by atoms with Crippen molar-refractivity contribution < 1.29 is 0 Å². The van der Waals surface area contributed by atoms with E-state index in [2.05, 4.69) is 22.4 Å². The van der Waals surface area contributed by atoms with Gasteiger partial charge in [-0.05, 0) is 29.0 Å². The average Bonchev–Trinajstić information content (AvgIpc) is 2.78. The Morgan fingerprint density at radius 1 is 1.29 bits per heavy atom. The van der Waals surface area contributed by atoms with Crippen LogP contribution >= 0.6 is 11.6 Å². The van der Waals surface area contributed by atoms with Crippen molar-refractivity contribution in [3.8, 4) is 5.69 Å². The molecule has 0 amide bonds. The molecule has 1 aromatic heterocycles. The van der Waals surface area contributed by atoms with Crippen LogP contribution in [-0.4, -0.2) is 25.6 Å². The SMILES string of the molecule is CCCC(Cl)Cc1nnnn1-c1ccccc1. The highest BCUT2D eigenvalue weighted by Gasteiger charge is 2.12. The van der Waals surface area contributed by atoms with Crippen LogP contribution in [0.2, 0.25) is 0 Å². The maximum atomic E-state index is 6.22. The van der Waals surface area contributed by atoms with Crippen LogP contribution in [0.1, 0.15) is 25.6 Å². The van der Waals surface area contributed by atoms with Gasteiger partial charge < -0.3 is 0 Å². The zero-order valence-electron chi connectivity index (χ0n) is 9.75. The summed E-state index contributed by atoms with van der Waals surface area (Å²) in [5.74, 6) is 0.810. The maximum Gasteiger partial charge on any atom is 0.158 e. The number of hydrogen-bond acceptors (Lipinski definition) is 3. The summed E-state index contributed by atoms with van der Waals surface area (Å²) in [4.78, 5) is 0. The van der Waals surface area contributed by atoms with Gasteiger partial charge in [-0.1, -0.05) is 31.5 Å². The standard InChI is InChI=1S/C12H15ClN4/c1-2-6-10(13)9-12-14-15-16-17(12)11-7-4-3-5-8-11/h3-5,7-8,10H,2,6,9H2,1H3. The van der Waals surface area contributed by atoms with E-state index in [0.717, 1.165) is 24.4 Å². The highest BCUT2D eigenvalue weighted by atomic mass is 35.5. The lowest BCUT2D eigenvalue weighted by Crippen LogP contribution is -2.10. The smallest absolute Gasteiger partial charge is 0.158 e. The average molecular weight is 251 g/mol. The molecular formula is C12H15ClN4. The molecule has 0 bridgehead atoms. The molecule has 0 radical (unpaired) electrons. The van der Waals surface area contributed by atoms with Gasteiger partial charge >= 0.3 is 0 Å². The zero-order chi connectivity index (χ0) is 12.1. The van der Waals surface area contributed by atoms with Crippen molar-refractivity contribution in [3.63, 3.8) is 0 Å². The molecule has 0 spiro atoms. The first kappa shape index (κ1) is 12.0. The molecule has 17 heavy (non-hydrogen) atoms. The van der Waals surface area contributed by atoms with E-state index in [4.69, 9.17) is 11.6 Å².